The second-order valence-electron chi connectivity index (χ2n) is 7.15. The number of ether oxygens (including phenoxy) is 1. The van der Waals surface area contributed by atoms with E-state index in [9.17, 15) is 14.7 Å². The minimum Gasteiger partial charge on any atom is -0.481 e. The lowest BCUT2D eigenvalue weighted by molar-refractivity contribution is -0.139. The molecule has 10 heteroatoms. The van der Waals surface area contributed by atoms with Crippen LogP contribution in [0, 0.1) is 0 Å². The van der Waals surface area contributed by atoms with Crippen molar-refractivity contribution < 1.29 is 19.4 Å². The summed E-state index contributed by atoms with van der Waals surface area (Å²) in [6.07, 6.45) is 5.14. The molecule has 2 aromatic carbocycles. The number of halogens is 2. The topological polar surface area (TPSA) is 105 Å². The number of amides is 1. The molecule has 8 nitrogen and oxygen atoms in total. The van der Waals surface area contributed by atoms with Crippen LogP contribution < -0.4 is 15.0 Å². The molecule has 1 unspecified atom stereocenters. The van der Waals surface area contributed by atoms with Crippen molar-refractivity contribution in [1.29, 1.82) is 0 Å². The largest absolute Gasteiger partial charge is 0.481 e. The van der Waals surface area contributed by atoms with Crippen LogP contribution in [0.5, 0.6) is 5.88 Å². The highest BCUT2D eigenvalue weighted by Gasteiger charge is 2.22. The molecule has 0 radical (unpaired) electrons. The van der Waals surface area contributed by atoms with Crippen LogP contribution in [-0.2, 0) is 4.79 Å². The molecule has 3 aromatic rings. The van der Waals surface area contributed by atoms with E-state index in [0.29, 0.717) is 11.8 Å². The molecule has 2 N–H and O–H groups in total. The van der Waals surface area contributed by atoms with Crippen LogP contribution >= 0.6 is 23.2 Å². The fraction of sp³-hybridized carbons (Fsp3) is 0.167. The summed E-state index contributed by atoms with van der Waals surface area (Å²) < 4.78 is 5.13. The Hall–Kier alpha value is -3.62. The molecule has 0 fully saturated rings. The Morgan fingerprint density at radius 1 is 1.15 bits per heavy atom. The van der Waals surface area contributed by atoms with E-state index in [4.69, 9.17) is 27.9 Å². The van der Waals surface area contributed by atoms with E-state index in [1.807, 2.05) is 36.2 Å². The maximum Gasteiger partial charge on any atom is 0.326 e. The summed E-state index contributed by atoms with van der Waals surface area (Å²) in [6, 6.07) is 12.7. The van der Waals surface area contributed by atoms with Crippen LogP contribution in [0.1, 0.15) is 22.3 Å². The van der Waals surface area contributed by atoms with Gasteiger partial charge in [0.15, 0.2) is 0 Å². The summed E-state index contributed by atoms with van der Waals surface area (Å²) in [5.74, 6) is -0.866. The molecule has 0 aliphatic rings. The van der Waals surface area contributed by atoms with Gasteiger partial charge in [-0.3, -0.25) is 4.79 Å². The van der Waals surface area contributed by atoms with E-state index in [0.717, 1.165) is 11.3 Å². The van der Waals surface area contributed by atoms with Gasteiger partial charge >= 0.3 is 5.97 Å². The average Bonchev–Trinajstić information content (AvgIpc) is 2.83. The van der Waals surface area contributed by atoms with Gasteiger partial charge in [0.1, 0.15) is 6.04 Å². The van der Waals surface area contributed by atoms with Gasteiger partial charge < -0.3 is 20.1 Å². The molecule has 0 saturated heterocycles. The molecule has 1 heterocycles. The molecule has 1 atom stereocenters. The van der Waals surface area contributed by atoms with Gasteiger partial charge in [-0.2, -0.15) is 4.98 Å². The van der Waals surface area contributed by atoms with Crippen LogP contribution in [0.25, 0.3) is 6.08 Å². The highest BCUT2D eigenvalue weighted by atomic mass is 35.5. The molecule has 3 rings (SSSR count). The number of aromatic nitrogens is 2. The third kappa shape index (κ3) is 6.24. The maximum atomic E-state index is 12.5. The van der Waals surface area contributed by atoms with Gasteiger partial charge in [0.25, 0.3) is 5.91 Å². The number of nitrogens with zero attached hydrogens (tertiary/aromatic N) is 3. The van der Waals surface area contributed by atoms with Crippen LogP contribution in [0.3, 0.4) is 0 Å². The van der Waals surface area contributed by atoms with Crippen LogP contribution in [0.2, 0.25) is 10.0 Å². The zero-order valence-corrected chi connectivity index (χ0v) is 19.9. The number of methoxy groups -OCH3 is 1. The summed E-state index contributed by atoms with van der Waals surface area (Å²) in [6.45, 7) is 0. The molecule has 0 bridgehead atoms. The third-order valence-corrected chi connectivity index (χ3v) is 5.51. The average molecular weight is 501 g/mol. The SMILES string of the molecule is COc1ccnc(N(C)c2ccc(C=CCC(NC(=O)c3c(Cl)cccc3Cl)C(=O)O)cc2)n1. The van der Waals surface area contributed by atoms with E-state index in [1.54, 1.807) is 37.6 Å². The third-order valence-electron chi connectivity index (χ3n) is 4.88. The normalized spacial score (nSPS) is 11.8. The lowest BCUT2D eigenvalue weighted by Crippen LogP contribution is -2.40. The standard InChI is InChI=1S/C24H22Cl2N4O4/c1-30(24-27-14-13-20(29-24)34-2)16-11-9-15(10-12-16)5-3-8-19(23(32)33)28-22(31)21-17(25)6-4-7-18(21)26/h3-7,9-14,19H,8H2,1-2H3,(H,28,31)(H,32,33). The maximum absolute atomic E-state index is 12.5. The van der Waals surface area contributed by atoms with Crippen molar-refractivity contribution in [1.82, 2.24) is 15.3 Å². The molecular formula is C24H22Cl2N4O4. The van der Waals surface area contributed by atoms with Crippen LogP contribution in [0.15, 0.2) is 60.8 Å². The van der Waals surface area contributed by atoms with Crippen molar-refractivity contribution in [2.75, 3.05) is 19.1 Å². The number of benzene rings is 2. The van der Waals surface area contributed by atoms with Gasteiger partial charge in [-0.1, -0.05) is 53.6 Å². The highest BCUT2D eigenvalue weighted by molar-refractivity contribution is 6.39. The lowest BCUT2D eigenvalue weighted by atomic mass is 10.1. The second kappa shape index (κ2) is 11.5. The van der Waals surface area contributed by atoms with Gasteiger partial charge in [-0.25, -0.2) is 9.78 Å². The number of hydrogen-bond acceptors (Lipinski definition) is 6. The van der Waals surface area contributed by atoms with Gasteiger partial charge in [-0.05, 0) is 36.2 Å². The van der Waals surface area contributed by atoms with Crippen molar-refractivity contribution in [3.63, 3.8) is 0 Å². The molecule has 0 saturated carbocycles. The molecule has 0 aliphatic heterocycles. The van der Waals surface area contributed by atoms with E-state index in [2.05, 4.69) is 15.3 Å². The minimum atomic E-state index is -1.17. The summed E-state index contributed by atoms with van der Waals surface area (Å²) >= 11 is 12.1. The van der Waals surface area contributed by atoms with Crippen LogP contribution in [0.4, 0.5) is 11.6 Å². The zero-order valence-electron chi connectivity index (χ0n) is 18.4. The monoisotopic (exact) mass is 500 g/mol. The second-order valence-corrected chi connectivity index (χ2v) is 7.96. The lowest BCUT2D eigenvalue weighted by Gasteiger charge is -2.17. The number of nitrogens with one attached hydrogen (secondary N) is 1. The number of rotatable bonds is 9. The first-order chi connectivity index (χ1) is 16.3. The summed E-state index contributed by atoms with van der Waals surface area (Å²) in [7, 11) is 3.38. The van der Waals surface area contributed by atoms with Gasteiger partial charge in [-0.15, -0.1) is 0 Å². The number of aliphatic carboxylic acids is 1. The first kappa shape index (κ1) is 25.0. The molecule has 1 aromatic heterocycles. The fourth-order valence-electron chi connectivity index (χ4n) is 3.04. The molecular weight excluding hydrogens is 479 g/mol. The summed E-state index contributed by atoms with van der Waals surface area (Å²) in [4.78, 5) is 34.5. The Kier molecular flexibility index (Phi) is 8.45. The van der Waals surface area contributed by atoms with E-state index < -0.39 is 17.9 Å². The zero-order chi connectivity index (χ0) is 24.7. The van der Waals surface area contributed by atoms with Crippen LogP contribution in [-0.4, -0.2) is 47.2 Å². The van der Waals surface area contributed by atoms with E-state index in [-0.39, 0.29) is 22.0 Å². The Labute approximate surface area is 206 Å². The first-order valence-electron chi connectivity index (χ1n) is 10.1. The quantitative estimate of drug-likeness (QED) is 0.432. The number of carbonyl (C=O) groups excluding carboxylic acids is 1. The number of carbonyl (C=O) groups is 2. The fourth-order valence-corrected chi connectivity index (χ4v) is 3.61. The smallest absolute Gasteiger partial charge is 0.326 e. The summed E-state index contributed by atoms with van der Waals surface area (Å²) in [5.41, 5.74) is 1.76. The van der Waals surface area contributed by atoms with Gasteiger partial charge in [0, 0.05) is 25.0 Å². The Morgan fingerprint density at radius 3 is 2.44 bits per heavy atom. The van der Waals surface area contributed by atoms with Crippen molar-refractivity contribution in [2.24, 2.45) is 0 Å². The molecule has 34 heavy (non-hydrogen) atoms. The molecule has 0 spiro atoms. The Morgan fingerprint density at radius 2 is 1.82 bits per heavy atom. The first-order valence-corrected chi connectivity index (χ1v) is 10.9. The number of carboxylic acids is 1. The minimum absolute atomic E-state index is 0.0424. The Bertz CT molecular complexity index is 1180. The number of anilines is 2. The molecule has 0 aliphatic carbocycles. The number of hydrogen-bond donors (Lipinski definition) is 2. The van der Waals surface area contributed by atoms with Gasteiger partial charge in [0.2, 0.25) is 11.8 Å². The van der Waals surface area contributed by atoms with Crippen molar-refractivity contribution in [3.8, 4) is 5.88 Å². The molecule has 1 amide bonds. The predicted octanol–water partition coefficient (Wildman–Crippen LogP) is 4.85. The van der Waals surface area contributed by atoms with Crippen molar-refractivity contribution in [3.05, 3.63) is 82.0 Å². The van der Waals surface area contributed by atoms with Crippen molar-refractivity contribution >= 4 is 52.8 Å². The van der Waals surface area contributed by atoms with Gasteiger partial charge in [0.05, 0.1) is 22.7 Å². The Balaban J connectivity index is 1.64. The number of carboxylic acid groups (broad SMARTS) is 1. The van der Waals surface area contributed by atoms with E-state index in [1.165, 1.54) is 12.1 Å². The predicted molar refractivity (Wildman–Crippen MR) is 132 cm³/mol. The molecule has 176 valence electrons. The van der Waals surface area contributed by atoms with E-state index >= 15 is 0 Å². The highest BCUT2D eigenvalue weighted by Crippen LogP contribution is 2.25. The van der Waals surface area contributed by atoms with Crippen molar-refractivity contribution in [2.45, 2.75) is 12.5 Å². The summed E-state index contributed by atoms with van der Waals surface area (Å²) in [5, 5.41) is 12.3.